The van der Waals surface area contributed by atoms with Gasteiger partial charge in [0.15, 0.2) is 0 Å². The molecule has 0 unspecified atom stereocenters. The minimum Gasteiger partial charge on any atom is -0.335 e. The predicted molar refractivity (Wildman–Crippen MR) is 97.1 cm³/mol. The highest BCUT2D eigenvalue weighted by Gasteiger charge is 2.30. The van der Waals surface area contributed by atoms with E-state index in [1.54, 1.807) is 11.3 Å². The van der Waals surface area contributed by atoms with Crippen LogP contribution in [-0.4, -0.2) is 39.7 Å². The van der Waals surface area contributed by atoms with Gasteiger partial charge in [-0.2, -0.15) is 16.4 Å². The molecule has 1 saturated heterocycles. The number of nitrogens with zero attached hydrogens (tertiary/aromatic N) is 3. The van der Waals surface area contributed by atoms with Gasteiger partial charge in [-0.3, -0.25) is 9.48 Å². The van der Waals surface area contributed by atoms with Gasteiger partial charge in [-0.1, -0.05) is 0 Å². The third-order valence-electron chi connectivity index (χ3n) is 4.95. The van der Waals surface area contributed by atoms with Gasteiger partial charge < -0.3 is 10.2 Å². The average Bonchev–Trinajstić information content (AvgIpc) is 3.30. The van der Waals surface area contributed by atoms with Crippen LogP contribution in [0.5, 0.6) is 0 Å². The fourth-order valence-electron chi connectivity index (χ4n) is 3.28. The molecule has 1 amide bonds. The summed E-state index contributed by atoms with van der Waals surface area (Å²) in [5, 5.41) is 12.0. The van der Waals surface area contributed by atoms with Crippen LogP contribution in [-0.2, 0) is 4.79 Å². The number of amides is 1. The van der Waals surface area contributed by atoms with Crippen LogP contribution in [0, 0.1) is 6.92 Å². The van der Waals surface area contributed by atoms with E-state index in [1.165, 1.54) is 5.56 Å². The Morgan fingerprint density at radius 3 is 3.00 bits per heavy atom. The molecule has 0 saturated carbocycles. The molecule has 6 heteroatoms. The molecule has 3 atom stereocenters. The number of carbonyl (C=O) groups excluding carboxylic acids is 1. The first-order valence-electron chi connectivity index (χ1n) is 8.62. The van der Waals surface area contributed by atoms with Gasteiger partial charge in [0.2, 0.25) is 5.91 Å². The van der Waals surface area contributed by atoms with E-state index in [0.29, 0.717) is 6.54 Å². The number of carbonyl (C=O) groups is 1. The van der Waals surface area contributed by atoms with E-state index >= 15 is 0 Å². The second-order valence-corrected chi connectivity index (χ2v) is 7.49. The van der Waals surface area contributed by atoms with E-state index in [-0.39, 0.29) is 24.0 Å². The lowest BCUT2D eigenvalue weighted by molar-refractivity contribution is -0.131. The van der Waals surface area contributed by atoms with Crippen LogP contribution in [0.1, 0.15) is 49.9 Å². The molecule has 0 aromatic carbocycles. The topological polar surface area (TPSA) is 50.2 Å². The summed E-state index contributed by atoms with van der Waals surface area (Å²) in [5.41, 5.74) is 2.43. The second-order valence-electron chi connectivity index (χ2n) is 6.71. The van der Waals surface area contributed by atoms with Crippen molar-refractivity contribution in [2.45, 2.75) is 51.7 Å². The standard InChI is InChI=1S/C18H26N4OS/c1-13-9-20-22(11-13)15(3)14(2)19-10-18(23)21-7-4-5-17(21)16-6-8-24-12-16/h6,8-9,11-12,14-15,17,19H,4-5,7,10H2,1-3H3/t14-,15-,17-/m1/s1. The van der Waals surface area contributed by atoms with Crippen LogP contribution >= 0.6 is 11.3 Å². The van der Waals surface area contributed by atoms with Gasteiger partial charge >= 0.3 is 0 Å². The Bertz CT molecular complexity index is 666. The molecule has 1 aliphatic rings. The molecule has 2 aromatic heterocycles. The molecule has 1 fully saturated rings. The Hall–Kier alpha value is -1.66. The molecule has 3 heterocycles. The zero-order chi connectivity index (χ0) is 17.1. The zero-order valence-electron chi connectivity index (χ0n) is 14.6. The molecular weight excluding hydrogens is 320 g/mol. The van der Waals surface area contributed by atoms with E-state index in [2.05, 4.69) is 41.1 Å². The molecule has 2 aromatic rings. The van der Waals surface area contributed by atoms with E-state index in [9.17, 15) is 4.79 Å². The first-order chi connectivity index (χ1) is 11.6. The normalized spacial score (nSPS) is 20.3. The fraction of sp³-hybridized carbons (Fsp3) is 0.556. The molecule has 1 aliphatic heterocycles. The summed E-state index contributed by atoms with van der Waals surface area (Å²) in [5.74, 6) is 0.194. The molecule has 3 rings (SSSR count). The van der Waals surface area contributed by atoms with Crippen molar-refractivity contribution in [2.24, 2.45) is 0 Å². The highest BCUT2D eigenvalue weighted by atomic mass is 32.1. The monoisotopic (exact) mass is 346 g/mol. The van der Waals surface area contributed by atoms with E-state index < -0.39 is 0 Å². The molecule has 130 valence electrons. The highest BCUT2D eigenvalue weighted by Crippen LogP contribution is 2.32. The molecule has 0 bridgehead atoms. The van der Waals surface area contributed by atoms with E-state index in [4.69, 9.17) is 0 Å². The van der Waals surface area contributed by atoms with Gasteiger partial charge in [0.25, 0.3) is 0 Å². The largest absolute Gasteiger partial charge is 0.335 e. The summed E-state index contributed by atoms with van der Waals surface area (Å²) in [6.45, 7) is 7.51. The maximum atomic E-state index is 12.7. The lowest BCUT2D eigenvalue weighted by atomic mass is 10.1. The first kappa shape index (κ1) is 17.2. The van der Waals surface area contributed by atoms with Gasteiger partial charge in [-0.15, -0.1) is 0 Å². The van der Waals surface area contributed by atoms with Crippen LogP contribution in [0.4, 0.5) is 0 Å². The minimum atomic E-state index is 0.176. The highest BCUT2D eigenvalue weighted by molar-refractivity contribution is 7.07. The summed E-state index contributed by atoms with van der Waals surface area (Å²) in [6, 6.07) is 2.78. The third kappa shape index (κ3) is 3.70. The van der Waals surface area contributed by atoms with Gasteiger partial charge in [-0.05, 0) is 61.6 Å². The number of aromatic nitrogens is 2. The van der Waals surface area contributed by atoms with Crippen molar-refractivity contribution in [3.8, 4) is 0 Å². The van der Waals surface area contributed by atoms with Crippen molar-refractivity contribution >= 4 is 17.2 Å². The molecular formula is C18H26N4OS. The quantitative estimate of drug-likeness (QED) is 0.874. The average molecular weight is 346 g/mol. The van der Waals surface area contributed by atoms with Crippen LogP contribution in [0.2, 0.25) is 0 Å². The van der Waals surface area contributed by atoms with Gasteiger partial charge in [0.1, 0.15) is 0 Å². The lowest BCUT2D eigenvalue weighted by Gasteiger charge is -2.27. The van der Waals surface area contributed by atoms with Crippen LogP contribution in [0.15, 0.2) is 29.2 Å². The van der Waals surface area contributed by atoms with Gasteiger partial charge in [-0.25, -0.2) is 0 Å². The van der Waals surface area contributed by atoms with Crippen molar-refractivity contribution < 1.29 is 4.79 Å². The number of nitrogens with one attached hydrogen (secondary N) is 1. The van der Waals surface area contributed by atoms with Crippen molar-refractivity contribution in [1.29, 1.82) is 0 Å². The molecule has 1 N–H and O–H groups in total. The second kappa shape index (κ2) is 7.49. The van der Waals surface area contributed by atoms with E-state index in [0.717, 1.165) is 24.9 Å². The number of aryl methyl sites for hydroxylation is 1. The summed E-state index contributed by atoms with van der Waals surface area (Å²) >= 11 is 1.70. The molecule has 24 heavy (non-hydrogen) atoms. The van der Waals surface area contributed by atoms with Crippen LogP contribution < -0.4 is 5.32 Å². The summed E-state index contributed by atoms with van der Waals surface area (Å²) < 4.78 is 1.96. The SMILES string of the molecule is Cc1cnn([C@H](C)[C@@H](C)NCC(=O)N2CCC[C@@H]2c2ccsc2)c1. The number of hydrogen-bond donors (Lipinski definition) is 1. The Morgan fingerprint density at radius 1 is 1.50 bits per heavy atom. The number of hydrogen-bond acceptors (Lipinski definition) is 4. The van der Waals surface area contributed by atoms with Crippen molar-refractivity contribution in [2.75, 3.05) is 13.1 Å². The maximum Gasteiger partial charge on any atom is 0.237 e. The number of likely N-dealkylation sites (tertiary alicyclic amines) is 1. The van der Waals surface area contributed by atoms with Gasteiger partial charge in [0.05, 0.1) is 24.8 Å². The summed E-state index contributed by atoms with van der Waals surface area (Å²) in [6.07, 6.45) is 6.06. The Kier molecular flexibility index (Phi) is 5.36. The van der Waals surface area contributed by atoms with Crippen LogP contribution in [0.25, 0.3) is 0 Å². The van der Waals surface area contributed by atoms with Crippen molar-refractivity contribution in [1.82, 2.24) is 20.0 Å². The predicted octanol–water partition coefficient (Wildman–Crippen LogP) is 3.16. The summed E-state index contributed by atoms with van der Waals surface area (Å²) in [4.78, 5) is 14.7. The minimum absolute atomic E-state index is 0.176. The van der Waals surface area contributed by atoms with Crippen LogP contribution in [0.3, 0.4) is 0 Å². The fourth-order valence-corrected chi connectivity index (χ4v) is 3.99. The number of rotatable bonds is 6. The molecule has 0 spiro atoms. The van der Waals surface area contributed by atoms with Crippen molar-refractivity contribution in [3.63, 3.8) is 0 Å². The Labute approximate surface area is 147 Å². The maximum absolute atomic E-state index is 12.7. The summed E-state index contributed by atoms with van der Waals surface area (Å²) in [7, 11) is 0. The van der Waals surface area contributed by atoms with E-state index in [1.807, 2.05) is 28.9 Å². The Morgan fingerprint density at radius 2 is 2.33 bits per heavy atom. The Balaban J connectivity index is 1.55. The smallest absolute Gasteiger partial charge is 0.237 e. The first-order valence-corrected chi connectivity index (χ1v) is 9.56. The molecule has 5 nitrogen and oxygen atoms in total. The van der Waals surface area contributed by atoms with Gasteiger partial charge in [0, 0.05) is 18.8 Å². The third-order valence-corrected chi connectivity index (χ3v) is 5.65. The zero-order valence-corrected chi connectivity index (χ0v) is 15.4. The molecule has 0 radical (unpaired) electrons. The van der Waals surface area contributed by atoms with Crippen molar-refractivity contribution in [3.05, 3.63) is 40.3 Å². The number of thiophene rings is 1. The molecule has 0 aliphatic carbocycles. The lowest BCUT2D eigenvalue weighted by Crippen LogP contribution is -2.43.